The van der Waals surface area contributed by atoms with Crippen LogP contribution in [0.15, 0.2) is 72.9 Å². The molecule has 0 aliphatic heterocycles. The van der Waals surface area contributed by atoms with Gasteiger partial charge in [0.25, 0.3) is 5.91 Å². The molecule has 0 spiro atoms. The number of nitriles is 1. The lowest BCUT2D eigenvalue weighted by Gasteiger charge is -2.21. The van der Waals surface area contributed by atoms with E-state index in [9.17, 15) is 14.9 Å². The number of carbonyl (C=O) groups is 2. The molecule has 7 nitrogen and oxygen atoms in total. The van der Waals surface area contributed by atoms with E-state index in [1.165, 1.54) is 6.08 Å². The van der Waals surface area contributed by atoms with Crippen LogP contribution in [0, 0.1) is 11.3 Å². The van der Waals surface area contributed by atoms with Crippen molar-refractivity contribution in [2.24, 2.45) is 0 Å². The third-order valence-corrected chi connectivity index (χ3v) is 5.82. The van der Waals surface area contributed by atoms with Gasteiger partial charge in [0.2, 0.25) is 0 Å². The molecule has 0 unspecified atom stereocenters. The highest BCUT2D eigenvalue weighted by Gasteiger charge is 2.35. The number of amides is 1. The molecule has 1 amide bonds. The van der Waals surface area contributed by atoms with Crippen LogP contribution in [0.25, 0.3) is 17.3 Å². The van der Waals surface area contributed by atoms with Crippen LogP contribution < -0.4 is 5.32 Å². The number of esters is 1. The maximum atomic E-state index is 12.3. The van der Waals surface area contributed by atoms with Crippen LogP contribution in [0.3, 0.4) is 0 Å². The summed E-state index contributed by atoms with van der Waals surface area (Å²) >= 11 is 0. The Labute approximate surface area is 198 Å². The Morgan fingerprint density at radius 3 is 2.44 bits per heavy atom. The molecule has 0 radical (unpaired) electrons. The molecule has 0 saturated heterocycles. The maximum Gasteiger partial charge on any atom is 0.331 e. The second-order valence-electron chi connectivity index (χ2n) is 8.37. The third kappa shape index (κ3) is 5.78. The number of hydrogen-bond donors (Lipinski definition) is 1. The zero-order valence-electron chi connectivity index (χ0n) is 18.8. The van der Waals surface area contributed by atoms with Gasteiger partial charge in [-0.05, 0) is 37.3 Å². The van der Waals surface area contributed by atoms with E-state index in [2.05, 4.69) is 11.4 Å². The van der Waals surface area contributed by atoms with Crippen molar-refractivity contribution in [2.45, 2.75) is 37.8 Å². The normalized spacial score (nSPS) is 14.6. The van der Waals surface area contributed by atoms with Gasteiger partial charge in [0, 0.05) is 23.4 Å². The minimum atomic E-state index is -0.836. The average molecular weight is 455 g/mol. The molecule has 7 heteroatoms. The van der Waals surface area contributed by atoms with Gasteiger partial charge in [-0.25, -0.2) is 4.79 Å². The fraction of sp³-hybridized carbons (Fsp3) is 0.259. The first-order valence-electron chi connectivity index (χ1n) is 11.3. The molecule has 1 fully saturated rings. The first-order valence-corrected chi connectivity index (χ1v) is 11.3. The lowest BCUT2D eigenvalue weighted by Crippen LogP contribution is -2.46. The predicted molar refractivity (Wildman–Crippen MR) is 128 cm³/mol. The van der Waals surface area contributed by atoms with Crippen LogP contribution in [-0.4, -0.2) is 33.8 Å². The molecule has 1 heterocycles. The van der Waals surface area contributed by atoms with Crippen molar-refractivity contribution in [3.05, 3.63) is 84.1 Å². The van der Waals surface area contributed by atoms with Crippen LogP contribution in [-0.2, 0) is 20.9 Å². The Morgan fingerprint density at radius 1 is 1.09 bits per heavy atom. The van der Waals surface area contributed by atoms with Crippen LogP contribution in [0.2, 0.25) is 0 Å². The minimum Gasteiger partial charge on any atom is -0.452 e. The molecular formula is C27H26N4O3. The number of nitrogens with one attached hydrogen (secondary N) is 1. The largest absolute Gasteiger partial charge is 0.452 e. The second-order valence-corrected chi connectivity index (χ2v) is 8.37. The van der Waals surface area contributed by atoms with Gasteiger partial charge < -0.3 is 10.1 Å². The average Bonchev–Trinajstić information content (AvgIpc) is 3.50. The van der Waals surface area contributed by atoms with Gasteiger partial charge in [-0.1, -0.05) is 60.7 Å². The van der Waals surface area contributed by atoms with Gasteiger partial charge in [-0.15, -0.1) is 0 Å². The van der Waals surface area contributed by atoms with E-state index in [4.69, 9.17) is 9.84 Å². The van der Waals surface area contributed by atoms with Gasteiger partial charge in [0.1, 0.15) is 5.54 Å². The standard InChI is InChI=1S/C27H26N4O3/c28-20-27(15-7-8-16-27)29-24(32)19-34-25(33)14-13-23-18-31(17-21-9-3-1-4-10-21)30-26(23)22-11-5-2-6-12-22/h1-6,9-14,18H,7-8,15-17,19H2,(H,29,32)/b14-13+. The number of benzene rings is 2. The van der Waals surface area contributed by atoms with E-state index in [1.54, 1.807) is 6.08 Å². The van der Waals surface area contributed by atoms with Gasteiger partial charge in [-0.3, -0.25) is 9.48 Å². The number of carbonyl (C=O) groups excluding carboxylic acids is 2. The second kappa shape index (κ2) is 10.6. The van der Waals surface area contributed by atoms with Crippen molar-refractivity contribution in [2.75, 3.05) is 6.61 Å². The number of ether oxygens (including phenoxy) is 1. The lowest BCUT2D eigenvalue weighted by molar-refractivity contribution is -0.144. The summed E-state index contributed by atoms with van der Waals surface area (Å²) in [5.74, 6) is -1.10. The molecule has 2 aromatic carbocycles. The number of nitrogens with zero attached hydrogens (tertiary/aromatic N) is 3. The van der Waals surface area contributed by atoms with Gasteiger partial charge in [0.15, 0.2) is 6.61 Å². The molecule has 172 valence electrons. The van der Waals surface area contributed by atoms with Crippen LogP contribution in [0.1, 0.15) is 36.8 Å². The highest BCUT2D eigenvalue weighted by atomic mass is 16.5. The molecule has 1 N–H and O–H groups in total. The van der Waals surface area contributed by atoms with E-state index in [0.717, 1.165) is 35.2 Å². The molecule has 0 bridgehead atoms. The van der Waals surface area contributed by atoms with Gasteiger partial charge in [0.05, 0.1) is 18.3 Å². The SMILES string of the molecule is N#CC1(NC(=O)COC(=O)/C=C/c2cn(Cc3ccccc3)nc2-c2ccccc2)CCCC1. The molecule has 4 rings (SSSR count). The van der Waals surface area contributed by atoms with Crippen LogP contribution in [0.5, 0.6) is 0 Å². The summed E-state index contributed by atoms with van der Waals surface area (Å²) in [4.78, 5) is 24.5. The molecule has 34 heavy (non-hydrogen) atoms. The third-order valence-electron chi connectivity index (χ3n) is 5.82. The summed E-state index contributed by atoms with van der Waals surface area (Å²) in [5.41, 5.74) is 2.72. The summed E-state index contributed by atoms with van der Waals surface area (Å²) in [5, 5.41) is 16.8. The van der Waals surface area contributed by atoms with Crippen molar-refractivity contribution < 1.29 is 14.3 Å². The zero-order valence-corrected chi connectivity index (χ0v) is 18.8. The van der Waals surface area contributed by atoms with E-state index in [-0.39, 0.29) is 0 Å². The van der Waals surface area contributed by atoms with Crippen molar-refractivity contribution in [3.63, 3.8) is 0 Å². The zero-order chi connectivity index (χ0) is 23.8. The van der Waals surface area contributed by atoms with Crippen molar-refractivity contribution in [1.29, 1.82) is 5.26 Å². The summed E-state index contributed by atoms with van der Waals surface area (Å²) in [6.45, 7) is 0.172. The van der Waals surface area contributed by atoms with Gasteiger partial charge >= 0.3 is 5.97 Å². The van der Waals surface area contributed by atoms with Crippen molar-refractivity contribution >= 4 is 18.0 Å². The summed E-state index contributed by atoms with van der Waals surface area (Å²) in [6, 6.07) is 21.9. The molecule has 1 aliphatic rings. The lowest BCUT2D eigenvalue weighted by atomic mass is 10.00. The highest BCUT2D eigenvalue weighted by Crippen LogP contribution is 2.28. The number of aromatic nitrogens is 2. The highest BCUT2D eigenvalue weighted by molar-refractivity contribution is 5.90. The Bertz CT molecular complexity index is 1200. The fourth-order valence-electron chi connectivity index (χ4n) is 4.12. The predicted octanol–water partition coefficient (Wildman–Crippen LogP) is 4.11. The quantitative estimate of drug-likeness (QED) is 0.408. The number of rotatable bonds is 8. The Kier molecular flexibility index (Phi) is 7.19. The Hall–Kier alpha value is -4.18. The van der Waals surface area contributed by atoms with E-state index in [0.29, 0.717) is 19.4 Å². The molecule has 3 aromatic rings. The first kappa shape index (κ1) is 23.0. The fourth-order valence-corrected chi connectivity index (χ4v) is 4.12. The molecule has 0 atom stereocenters. The van der Waals surface area contributed by atoms with Crippen LogP contribution in [0.4, 0.5) is 0 Å². The van der Waals surface area contributed by atoms with E-state index < -0.39 is 24.0 Å². The van der Waals surface area contributed by atoms with E-state index in [1.807, 2.05) is 71.5 Å². The Balaban J connectivity index is 1.43. The Morgan fingerprint density at radius 2 is 1.76 bits per heavy atom. The van der Waals surface area contributed by atoms with Crippen LogP contribution >= 0.6 is 0 Å². The molecule has 1 aromatic heterocycles. The van der Waals surface area contributed by atoms with E-state index >= 15 is 0 Å². The smallest absolute Gasteiger partial charge is 0.331 e. The summed E-state index contributed by atoms with van der Waals surface area (Å²) < 4.78 is 6.93. The minimum absolute atomic E-state index is 0.425. The van der Waals surface area contributed by atoms with Gasteiger partial charge in [-0.2, -0.15) is 10.4 Å². The first-order chi connectivity index (χ1) is 16.6. The monoisotopic (exact) mass is 454 g/mol. The summed E-state index contributed by atoms with van der Waals surface area (Å²) in [7, 11) is 0. The summed E-state index contributed by atoms with van der Waals surface area (Å²) in [6.07, 6.45) is 7.86. The maximum absolute atomic E-state index is 12.3. The molecule has 1 aliphatic carbocycles. The van der Waals surface area contributed by atoms with Crippen molar-refractivity contribution in [1.82, 2.24) is 15.1 Å². The molecule has 1 saturated carbocycles. The molecular weight excluding hydrogens is 428 g/mol. The van der Waals surface area contributed by atoms with Crippen molar-refractivity contribution in [3.8, 4) is 17.3 Å². The number of hydrogen-bond acceptors (Lipinski definition) is 5. The topological polar surface area (TPSA) is 97.0 Å².